The van der Waals surface area contributed by atoms with E-state index in [4.69, 9.17) is 0 Å². The molecule has 1 aromatic heterocycles. The Kier molecular flexibility index (Phi) is 7.81. The molecule has 1 N–H and O–H groups in total. The van der Waals surface area contributed by atoms with Crippen LogP contribution in [0, 0.1) is 5.92 Å². The van der Waals surface area contributed by atoms with E-state index in [1.807, 2.05) is 25.1 Å². The first-order valence-corrected chi connectivity index (χ1v) is 11.1. The number of benzene rings is 1. The summed E-state index contributed by atoms with van der Waals surface area (Å²) in [4.78, 5) is 15.0. The summed E-state index contributed by atoms with van der Waals surface area (Å²) in [5.74, 6) is 2.73. The lowest BCUT2D eigenvalue weighted by atomic mass is 10.0. The van der Waals surface area contributed by atoms with Crippen LogP contribution in [0.5, 0.6) is 0 Å². The van der Waals surface area contributed by atoms with Gasteiger partial charge in [0, 0.05) is 39.0 Å². The third kappa shape index (κ3) is 5.89. The van der Waals surface area contributed by atoms with Crippen molar-refractivity contribution in [3.8, 4) is 0 Å². The number of nitrogens with one attached hydrogen (secondary N) is 1. The molecule has 0 radical (unpaired) electrons. The van der Waals surface area contributed by atoms with Gasteiger partial charge in [0.2, 0.25) is 5.91 Å². The number of rotatable bonds is 9. The average Bonchev–Trinajstić information content (AvgIpc) is 3.05. The van der Waals surface area contributed by atoms with E-state index in [0.29, 0.717) is 6.42 Å². The van der Waals surface area contributed by atoms with Crippen LogP contribution in [-0.2, 0) is 24.2 Å². The van der Waals surface area contributed by atoms with Crippen molar-refractivity contribution in [2.24, 2.45) is 5.92 Å². The summed E-state index contributed by atoms with van der Waals surface area (Å²) in [5, 5.41) is 11.9. The number of carbonyl (C=O) groups excluding carboxylic acids is 1. The first kappa shape index (κ1) is 21.5. The summed E-state index contributed by atoms with van der Waals surface area (Å²) >= 11 is 0. The Bertz CT molecular complexity index is 769. The van der Waals surface area contributed by atoms with Gasteiger partial charge in [-0.1, -0.05) is 57.0 Å². The van der Waals surface area contributed by atoms with E-state index in [-0.39, 0.29) is 11.9 Å². The lowest BCUT2D eigenvalue weighted by Gasteiger charge is -2.24. The van der Waals surface area contributed by atoms with Crippen molar-refractivity contribution in [3.63, 3.8) is 0 Å². The molecule has 6 nitrogen and oxygen atoms in total. The predicted octanol–water partition coefficient (Wildman–Crippen LogP) is 3.38. The molecule has 6 heteroatoms. The number of hydrogen-bond acceptors (Lipinski definition) is 4. The highest BCUT2D eigenvalue weighted by molar-refractivity contribution is 5.76. The van der Waals surface area contributed by atoms with Gasteiger partial charge < -0.3 is 14.8 Å². The normalized spacial score (nSPS) is 15.7. The third-order valence-electron chi connectivity index (χ3n) is 6.07. The number of nitrogens with zero attached hydrogens (tertiary/aromatic N) is 4. The molecule has 0 fully saturated rings. The van der Waals surface area contributed by atoms with Crippen LogP contribution in [0.1, 0.15) is 63.3 Å². The van der Waals surface area contributed by atoms with Crippen molar-refractivity contribution in [3.05, 3.63) is 47.5 Å². The maximum absolute atomic E-state index is 12.4. The summed E-state index contributed by atoms with van der Waals surface area (Å²) < 4.78 is 2.22. The quantitative estimate of drug-likeness (QED) is 0.705. The molecule has 0 bridgehead atoms. The van der Waals surface area contributed by atoms with E-state index < -0.39 is 0 Å². The SMILES string of the molecule is CCC(CC)CN1CCc2nnc([C@@H](C)NC(=O)CCc3ccccc3)n2CC1. The molecule has 3 rings (SSSR count). The Labute approximate surface area is 174 Å². The summed E-state index contributed by atoms with van der Waals surface area (Å²) in [5.41, 5.74) is 1.18. The van der Waals surface area contributed by atoms with Gasteiger partial charge in [0.05, 0.1) is 6.04 Å². The summed E-state index contributed by atoms with van der Waals surface area (Å²) in [6.07, 6.45) is 4.62. The summed E-state index contributed by atoms with van der Waals surface area (Å²) in [7, 11) is 0. The number of fused-ring (bicyclic) bond motifs is 1. The Morgan fingerprint density at radius 2 is 1.86 bits per heavy atom. The Morgan fingerprint density at radius 1 is 1.10 bits per heavy atom. The Morgan fingerprint density at radius 3 is 2.59 bits per heavy atom. The zero-order valence-electron chi connectivity index (χ0n) is 18.1. The van der Waals surface area contributed by atoms with E-state index in [9.17, 15) is 4.79 Å². The van der Waals surface area contributed by atoms with Crippen LogP contribution in [-0.4, -0.2) is 45.2 Å². The number of carbonyl (C=O) groups is 1. The van der Waals surface area contributed by atoms with E-state index >= 15 is 0 Å². The van der Waals surface area contributed by atoms with Crippen molar-refractivity contribution >= 4 is 5.91 Å². The van der Waals surface area contributed by atoms with E-state index in [2.05, 4.69) is 51.0 Å². The van der Waals surface area contributed by atoms with E-state index in [0.717, 1.165) is 56.6 Å². The molecule has 1 amide bonds. The van der Waals surface area contributed by atoms with Crippen molar-refractivity contribution in [2.75, 3.05) is 19.6 Å². The van der Waals surface area contributed by atoms with E-state index in [1.165, 1.54) is 18.4 Å². The van der Waals surface area contributed by atoms with Crippen molar-refractivity contribution < 1.29 is 4.79 Å². The van der Waals surface area contributed by atoms with Gasteiger partial charge in [-0.3, -0.25) is 4.79 Å². The number of aromatic nitrogens is 3. The van der Waals surface area contributed by atoms with Crippen LogP contribution in [0.4, 0.5) is 0 Å². The molecular weight excluding hydrogens is 362 g/mol. The highest BCUT2D eigenvalue weighted by Gasteiger charge is 2.23. The van der Waals surface area contributed by atoms with Crippen LogP contribution in [0.15, 0.2) is 30.3 Å². The average molecular weight is 398 g/mol. The molecule has 1 aromatic carbocycles. The topological polar surface area (TPSA) is 63.1 Å². The largest absolute Gasteiger partial charge is 0.346 e. The smallest absolute Gasteiger partial charge is 0.220 e. The Balaban J connectivity index is 1.55. The van der Waals surface area contributed by atoms with Gasteiger partial charge in [0.1, 0.15) is 5.82 Å². The highest BCUT2D eigenvalue weighted by Crippen LogP contribution is 2.18. The van der Waals surface area contributed by atoms with Crippen molar-refractivity contribution in [1.29, 1.82) is 0 Å². The fourth-order valence-corrected chi connectivity index (χ4v) is 4.08. The molecular formula is C23H35N5O. The molecule has 0 saturated carbocycles. The first-order valence-electron chi connectivity index (χ1n) is 11.1. The second kappa shape index (κ2) is 10.5. The molecule has 2 aromatic rings. The molecule has 2 heterocycles. The van der Waals surface area contributed by atoms with Crippen LogP contribution >= 0.6 is 0 Å². The van der Waals surface area contributed by atoms with Gasteiger partial charge in [0.15, 0.2) is 5.82 Å². The maximum Gasteiger partial charge on any atom is 0.220 e. The predicted molar refractivity (Wildman–Crippen MR) is 116 cm³/mol. The van der Waals surface area contributed by atoms with Crippen LogP contribution in [0.3, 0.4) is 0 Å². The van der Waals surface area contributed by atoms with Gasteiger partial charge >= 0.3 is 0 Å². The van der Waals surface area contributed by atoms with Gasteiger partial charge in [-0.25, -0.2) is 0 Å². The molecule has 1 atom stereocenters. The van der Waals surface area contributed by atoms with Crippen molar-refractivity contribution in [1.82, 2.24) is 25.0 Å². The molecule has 0 saturated heterocycles. The zero-order valence-corrected chi connectivity index (χ0v) is 18.1. The number of aryl methyl sites for hydroxylation is 1. The second-order valence-corrected chi connectivity index (χ2v) is 8.13. The van der Waals surface area contributed by atoms with Gasteiger partial charge in [-0.2, -0.15) is 0 Å². The molecule has 1 aliphatic rings. The van der Waals surface area contributed by atoms with Crippen LogP contribution < -0.4 is 5.32 Å². The van der Waals surface area contributed by atoms with E-state index in [1.54, 1.807) is 0 Å². The third-order valence-corrected chi connectivity index (χ3v) is 6.07. The van der Waals surface area contributed by atoms with Gasteiger partial charge in [0.25, 0.3) is 0 Å². The standard InChI is InChI=1S/C23H35N5O/c1-4-19(5-2)17-27-14-13-21-25-26-23(28(21)16-15-27)18(3)24-22(29)12-11-20-9-7-6-8-10-20/h6-10,18-19H,4-5,11-17H2,1-3H3,(H,24,29)/t18-/m1/s1. The monoisotopic (exact) mass is 397 g/mol. The summed E-state index contributed by atoms with van der Waals surface area (Å²) in [6, 6.07) is 9.99. The molecule has 0 spiro atoms. The Hall–Kier alpha value is -2.21. The lowest BCUT2D eigenvalue weighted by molar-refractivity contribution is -0.121. The van der Waals surface area contributed by atoms with Crippen LogP contribution in [0.25, 0.3) is 0 Å². The molecule has 29 heavy (non-hydrogen) atoms. The van der Waals surface area contributed by atoms with Crippen molar-refractivity contribution in [2.45, 2.75) is 65.5 Å². The van der Waals surface area contributed by atoms with Gasteiger partial charge in [-0.15, -0.1) is 10.2 Å². The minimum atomic E-state index is -0.134. The lowest BCUT2D eigenvalue weighted by Crippen LogP contribution is -2.33. The van der Waals surface area contributed by atoms with Gasteiger partial charge in [-0.05, 0) is 24.8 Å². The molecule has 0 aliphatic carbocycles. The molecule has 158 valence electrons. The van der Waals surface area contributed by atoms with Crippen LogP contribution in [0.2, 0.25) is 0 Å². The number of amides is 1. The fraction of sp³-hybridized carbons (Fsp3) is 0.609. The maximum atomic E-state index is 12.4. The fourth-order valence-electron chi connectivity index (χ4n) is 4.08. The molecule has 0 unspecified atom stereocenters. The highest BCUT2D eigenvalue weighted by atomic mass is 16.1. The second-order valence-electron chi connectivity index (χ2n) is 8.13. The minimum absolute atomic E-state index is 0.0580. The first-order chi connectivity index (χ1) is 14.1. The molecule has 1 aliphatic heterocycles. The number of hydrogen-bond donors (Lipinski definition) is 1. The minimum Gasteiger partial charge on any atom is -0.346 e. The summed E-state index contributed by atoms with van der Waals surface area (Å²) in [6.45, 7) is 10.7. The zero-order chi connectivity index (χ0) is 20.6.